The standard InChI is InChI=1S/C15H18N2OS2/c1-9-8-20-15(16-9)12-6-10-3-5-19-14(10)13(17-12)11-2-4-18-7-11/h3,5,8,11-13,17H,2,4,6-7H2,1H3/t11?,12-,13-/m1/s1. The Kier molecular flexibility index (Phi) is 3.38. The van der Waals surface area contributed by atoms with Crippen molar-refractivity contribution in [2.24, 2.45) is 5.92 Å². The maximum absolute atomic E-state index is 5.60. The highest BCUT2D eigenvalue weighted by molar-refractivity contribution is 7.10. The molecule has 0 spiro atoms. The summed E-state index contributed by atoms with van der Waals surface area (Å²) in [6.45, 7) is 3.87. The van der Waals surface area contributed by atoms with Crippen LogP contribution in [0.2, 0.25) is 0 Å². The van der Waals surface area contributed by atoms with Crippen LogP contribution in [-0.4, -0.2) is 18.2 Å². The van der Waals surface area contributed by atoms with E-state index in [1.165, 1.54) is 21.9 Å². The molecular weight excluding hydrogens is 288 g/mol. The van der Waals surface area contributed by atoms with Gasteiger partial charge >= 0.3 is 0 Å². The smallest absolute Gasteiger partial charge is 0.110 e. The van der Waals surface area contributed by atoms with Crippen LogP contribution in [-0.2, 0) is 11.2 Å². The Bertz CT molecular complexity index is 601. The lowest BCUT2D eigenvalue weighted by molar-refractivity contribution is 0.173. The third kappa shape index (κ3) is 2.22. The number of rotatable bonds is 2. The predicted molar refractivity (Wildman–Crippen MR) is 82.4 cm³/mol. The zero-order valence-corrected chi connectivity index (χ0v) is 13.1. The van der Waals surface area contributed by atoms with E-state index in [2.05, 4.69) is 34.1 Å². The number of fused-ring (bicyclic) bond motifs is 1. The second-order valence-corrected chi connectivity index (χ2v) is 7.50. The Morgan fingerprint density at radius 1 is 1.40 bits per heavy atom. The first kappa shape index (κ1) is 13.0. The molecule has 1 fully saturated rings. The van der Waals surface area contributed by atoms with Gasteiger partial charge in [-0.1, -0.05) is 0 Å². The third-order valence-electron chi connectivity index (χ3n) is 4.24. The maximum Gasteiger partial charge on any atom is 0.110 e. The number of aryl methyl sites for hydroxylation is 1. The van der Waals surface area contributed by atoms with Gasteiger partial charge in [0.25, 0.3) is 0 Å². The number of nitrogens with zero attached hydrogens (tertiary/aromatic N) is 1. The molecule has 4 rings (SSSR count). The van der Waals surface area contributed by atoms with Crippen molar-refractivity contribution in [2.75, 3.05) is 13.2 Å². The van der Waals surface area contributed by atoms with E-state index >= 15 is 0 Å². The molecule has 3 nitrogen and oxygen atoms in total. The Hall–Kier alpha value is -0.750. The highest BCUT2D eigenvalue weighted by Gasteiger charge is 2.35. The fraction of sp³-hybridized carbons (Fsp3) is 0.533. The number of thiazole rings is 1. The first-order chi connectivity index (χ1) is 9.81. The molecule has 1 N–H and O–H groups in total. The molecule has 20 heavy (non-hydrogen) atoms. The van der Waals surface area contributed by atoms with Gasteiger partial charge in [-0.15, -0.1) is 22.7 Å². The quantitative estimate of drug-likeness (QED) is 0.922. The summed E-state index contributed by atoms with van der Waals surface area (Å²) >= 11 is 3.66. The normalized spacial score (nSPS) is 29.6. The number of hydrogen-bond donors (Lipinski definition) is 1. The minimum absolute atomic E-state index is 0.362. The van der Waals surface area contributed by atoms with Gasteiger partial charge in [0.05, 0.1) is 12.6 Å². The monoisotopic (exact) mass is 306 g/mol. The van der Waals surface area contributed by atoms with E-state index < -0.39 is 0 Å². The highest BCUT2D eigenvalue weighted by Crippen LogP contribution is 2.41. The van der Waals surface area contributed by atoms with Gasteiger partial charge in [0.15, 0.2) is 0 Å². The topological polar surface area (TPSA) is 34.1 Å². The molecule has 0 aromatic carbocycles. The summed E-state index contributed by atoms with van der Waals surface area (Å²) in [5.41, 5.74) is 2.63. The van der Waals surface area contributed by atoms with Crippen LogP contribution in [0.1, 0.15) is 39.6 Å². The summed E-state index contributed by atoms with van der Waals surface area (Å²) in [4.78, 5) is 6.20. The second-order valence-electron chi connectivity index (χ2n) is 5.66. The van der Waals surface area contributed by atoms with Gasteiger partial charge in [-0.2, -0.15) is 0 Å². The number of ether oxygens (including phenoxy) is 1. The first-order valence-corrected chi connectivity index (χ1v) is 8.89. The van der Waals surface area contributed by atoms with E-state index in [1.54, 1.807) is 11.3 Å². The first-order valence-electron chi connectivity index (χ1n) is 7.13. The number of aromatic nitrogens is 1. The molecule has 0 bridgehead atoms. The molecule has 2 aliphatic heterocycles. The van der Waals surface area contributed by atoms with E-state index in [0.29, 0.717) is 18.0 Å². The van der Waals surface area contributed by atoms with Crippen LogP contribution in [0.25, 0.3) is 0 Å². The van der Waals surface area contributed by atoms with Gasteiger partial charge in [-0.25, -0.2) is 4.98 Å². The summed E-state index contributed by atoms with van der Waals surface area (Å²) in [6, 6.07) is 3.09. The molecule has 0 radical (unpaired) electrons. The van der Waals surface area contributed by atoms with Crippen molar-refractivity contribution in [2.45, 2.75) is 31.8 Å². The summed E-state index contributed by atoms with van der Waals surface area (Å²) in [5, 5.41) is 9.44. The lowest BCUT2D eigenvalue weighted by Crippen LogP contribution is -2.36. The van der Waals surface area contributed by atoms with Gasteiger partial charge in [-0.05, 0) is 36.8 Å². The van der Waals surface area contributed by atoms with Gasteiger partial charge in [-0.3, -0.25) is 5.32 Å². The van der Waals surface area contributed by atoms with Gasteiger partial charge in [0.2, 0.25) is 0 Å². The molecular formula is C15H18N2OS2. The van der Waals surface area contributed by atoms with Crippen molar-refractivity contribution in [1.82, 2.24) is 10.3 Å². The van der Waals surface area contributed by atoms with Crippen LogP contribution >= 0.6 is 22.7 Å². The minimum Gasteiger partial charge on any atom is -0.381 e. The lowest BCUT2D eigenvalue weighted by atomic mass is 9.89. The Balaban J connectivity index is 1.66. The number of nitrogens with one attached hydrogen (secondary N) is 1. The highest BCUT2D eigenvalue weighted by atomic mass is 32.1. The Morgan fingerprint density at radius 3 is 3.10 bits per heavy atom. The van der Waals surface area contributed by atoms with Crippen LogP contribution in [0.5, 0.6) is 0 Å². The second kappa shape index (κ2) is 5.22. The largest absolute Gasteiger partial charge is 0.381 e. The average Bonchev–Trinajstić information content (AvgIpc) is 3.18. The van der Waals surface area contributed by atoms with Crippen LogP contribution in [0.15, 0.2) is 16.8 Å². The van der Waals surface area contributed by atoms with Crippen LogP contribution in [0.4, 0.5) is 0 Å². The van der Waals surface area contributed by atoms with Crippen LogP contribution in [0, 0.1) is 12.8 Å². The van der Waals surface area contributed by atoms with E-state index in [4.69, 9.17) is 4.74 Å². The van der Waals surface area contributed by atoms with Crippen molar-refractivity contribution < 1.29 is 4.74 Å². The van der Waals surface area contributed by atoms with Gasteiger partial charge in [0.1, 0.15) is 5.01 Å². The Labute approximate surface area is 127 Å². The van der Waals surface area contributed by atoms with Crippen molar-refractivity contribution in [3.8, 4) is 0 Å². The molecule has 3 atom stereocenters. The fourth-order valence-corrected chi connectivity index (χ4v) is 5.16. The molecule has 4 heterocycles. The van der Waals surface area contributed by atoms with E-state index in [-0.39, 0.29) is 0 Å². The molecule has 0 aliphatic carbocycles. The average molecular weight is 306 g/mol. The van der Waals surface area contributed by atoms with Crippen molar-refractivity contribution in [1.29, 1.82) is 0 Å². The van der Waals surface area contributed by atoms with Gasteiger partial charge in [0, 0.05) is 34.5 Å². The van der Waals surface area contributed by atoms with Crippen molar-refractivity contribution in [3.05, 3.63) is 38.0 Å². The van der Waals surface area contributed by atoms with Crippen LogP contribution in [0.3, 0.4) is 0 Å². The van der Waals surface area contributed by atoms with E-state index in [0.717, 1.165) is 25.3 Å². The Morgan fingerprint density at radius 2 is 2.35 bits per heavy atom. The lowest BCUT2D eigenvalue weighted by Gasteiger charge is -2.33. The van der Waals surface area contributed by atoms with E-state index in [9.17, 15) is 0 Å². The number of thiophene rings is 1. The molecule has 1 saturated heterocycles. The van der Waals surface area contributed by atoms with Crippen LogP contribution < -0.4 is 5.32 Å². The molecule has 0 saturated carbocycles. The minimum atomic E-state index is 0.362. The van der Waals surface area contributed by atoms with Gasteiger partial charge < -0.3 is 4.74 Å². The fourth-order valence-electron chi connectivity index (χ4n) is 3.22. The summed E-state index contributed by atoms with van der Waals surface area (Å²) in [6.07, 6.45) is 2.23. The molecule has 0 amide bonds. The maximum atomic E-state index is 5.60. The summed E-state index contributed by atoms with van der Waals surface area (Å²) in [5.74, 6) is 0.608. The summed E-state index contributed by atoms with van der Waals surface area (Å²) < 4.78 is 5.60. The molecule has 2 aromatic heterocycles. The van der Waals surface area contributed by atoms with Crippen molar-refractivity contribution in [3.63, 3.8) is 0 Å². The molecule has 1 unspecified atom stereocenters. The zero-order valence-electron chi connectivity index (χ0n) is 11.5. The third-order valence-corrected chi connectivity index (χ3v) is 6.36. The molecule has 2 aromatic rings. The molecule has 106 valence electrons. The van der Waals surface area contributed by atoms with E-state index in [1.807, 2.05) is 11.3 Å². The van der Waals surface area contributed by atoms with Crippen molar-refractivity contribution >= 4 is 22.7 Å². The molecule has 5 heteroatoms. The predicted octanol–water partition coefficient (Wildman–Crippen LogP) is 3.48. The zero-order chi connectivity index (χ0) is 13.5. The number of hydrogen-bond acceptors (Lipinski definition) is 5. The summed E-state index contributed by atoms with van der Waals surface area (Å²) in [7, 11) is 0. The molecule has 2 aliphatic rings. The SMILES string of the molecule is Cc1csc([C@H]2Cc3ccsc3[C@@H](C3CCOC3)N2)n1.